The Hall–Kier alpha value is -2.42. The van der Waals surface area contributed by atoms with Gasteiger partial charge in [0, 0.05) is 25.8 Å². The zero-order valence-corrected chi connectivity index (χ0v) is 16.8. The normalized spacial score (nSPS) is 16.0. The average molecular weight is 403 g/mol. The predicted octanol–water partition coefficient (Wildman–Crippen LogP) is 1.46. The summed E-state index contributed by atoms with van der Waals surface area (Å²) in [6, 6.07) is 5.70. The van der Waals surface area contributed by atoms with Gasteiger partial charge in [-0.1, -0.05) is 24.8 Å². The summed E-state index contributed by atoms with van der Waals surface area (Å²) < 4.78 is 1.66. The second-order valence-corrected chi connectivity index (χ2v) is 8.04. The van der Waals surface area contributed by atoms with Crippen LogP contribution in [0.4, 0.5) is 0 Å². The molecule has 0 spiro atoms. The first-order valence-corrected chi connectivity index (χ1v) is 10.5. The van der Waals surface area contributed by atoms with Crippen LogP contribution in [0.15, 0.2) is 42.1 Å². The highest BCUT2D eigenvalue weighted by Gasteiger charge is 2.24. The number of piperidine rings is 1. The van der Waals surface area contributed by atoms with Crippen LogP contribution in [-0.4, -0.2) is 61.8 Å². The average Bonchev–Trinajstić information content (AvgIpc) is 3.24. The predicted molar refractivity (Wildman–Crippen MR) is 106 cm³/mol. The number of hydrogen-bond donors (Lipinski definition) is 1. The largest absolute Gasteiger partial charge is 0.356 e. The fraction of sp³-hybridized carbons (Fsp3) is 0.526. The smallest absolute Gasteiger partial charge is 0.232 e. The Labute approximate surface area is 169 Å². The van der Waals surface area contributed by atoms with E-state index < -0.39 is 0 Å². The third-order valence-electron chi connectivity index (χ3n) is 4.89. The number of thioether (sulfide) groups is 1. The second-order valence-electron chi connectivity index (χ2n) is 7.04. The number of nitrogens with zero attached hydrogens (tertiary/aromatic N) is 5. The number of hydrogen-bond acceptors (Lipinski definition) is 6. The van der Waals surface area contributed by atoms with Crippen LogP contribution in [0.25, 0.3) is 0 Å². The van der Waals surface area contributed by atoms with Crippen molar-refractivity contribution in [1.29, 1.82) is 0 Å². The Bertz CT molecular complexity index is 747. The molecule has 0 bridgehead atoms. The molecule has 1 aliphatic heterocycles. The van der Waals surface area contributed by atoms with Crippen molar-refractivity contribution in [2.24, 2.45) is 11.8 Å². The molecule has 8 nitrogen and oxygen atoms in total. The highest BCUT2D eigenvalue weighted by Crippen LogP contribution is 2.19. The third kappa shape index (κ3) is 6.05. The Morgan fingerprint density at radius 1 is 1.32 bits per heavy atom. The number of amides is 2. The summed E-state index contributed by atoms with van der Waals surface area (Å²) in [6.45, 7) is 4.56. The molecule has 2 amide bonds. The number of carbonyl (C=O) groups excluding carboxylic acids is 2. The van der Waals surface area contributed by atoms with Gasteiger partial charge in [-0.05, 0) is 30.9 Å². The molecule has 0 radical (unpaired) electrons. The molecule has 28 heavy (non-hydrogen) atoms. The lowest BCUT2D eigenvalue weighted by atomic mass is 9.96. The number of aromatic nitrogens is 4. The Balaban J connectivity index is 1.33. The summed E-state index contributed by atoms with van der Waals surface area (Å²) in [5, 5.41) is 7.94. The number of nitrogens with one attached hydrogen (secondary N) is 1. The summed E-state index contributed by atoms with van der Waals surface area (Å²) in [6.07, 6.45) is 6.64. The molecule has 0 aliphatic carbocycles. The first-order valence-electron chi connectivity index (χ1n) is 9.53. The highest BCUT2D eigenvalue weighted by atomic mass is 32.2. The molecule has 1 N–H and O–H groups in total. The van der Waals surface area contributed by atoms with Crippen LogP contribution >= 0.6 is 11.8 Å². The number of carbonyl (C=O) groups is 2. The van der Waals surface area contributed by atoms with Gasteiger partial charge in [-0.15, -0.1) is 0 Å². The summed E-state index contributed by atoms with van der Waals surface area (Å²) in [5.41, 5.74) is 0. The molecule has 0 aromatic carbocycles. The van der Waals surface area contributed by atoms with Crippen molar-refractivity contribution in [2.75, 3.05) is 25.4 Å². The minimum absolute atomic E-state index is 0.0285. The van der Waals surface area contributed by atoms with Crippen molar-refractivity contribution in [2.45, 2.75) is 31.3 Å². The summed E-state index contributed by atoms with van der Waals surface area (Å²) >= 11 is 1.47. The first-order chi connectivity index (χ1) is 13.6. The maximum atomic E-state index is 12.4. The summed E-state index contributed by atoms with van der Waals surface area (Å²) in [7, 11) is 0. The Morgan fingerprint density at radius 2 is 2.14 bits per heavy atom. The van der Waals surface area contributed by atoms with E-state index in [9.17, 15) is 9.59 Å². The van der Waals surface area contributed by atoms with Crippen LogP contribution < -0.4 is 5.32 Å². The van der Waals surface area contributed by atoms with E-state index >= 15 is 0 Å². The topological polar surface area (TPSA) is 93.0 Å². The van der Waals surface area contributed by atoms with Crippen molar-refractivity contribution in [3.63, 3.8) is 0 Å². The van der Waals surface area contributed by atoms with E-state index in [-0.39, 0.29) is 17.7 Å². The number of likely N-dealkylation sites (tertiary alicyclic amines) is 1. The van der Waals surface area contributed by atoms with Crippen molar-refractivity contribution < 1.29 is 9.59 Å². The number of pyridine rings is 1. The lowest BCUT2D eigenvalue weighted by Gasteiger charge is -2.32. The van der Waals surface area contributed by atoms with E-state index in [2.05, 4.69) is 20.4 Å². The van der Waals surface area contributed by atoms with E-state index in [0.29, 0.717) is 24.8 Å². The molecule has 3 heterocycles. The van der Waals surface area contributed by atoms with E-state index in [1.165, 1.54) is 18.1 Å². The van der Waals surface area contributed by atoms with E-state index in [1.807, 2.05) is 30.0 Å². The van der Waals surface area contributed by atoms with E-state index in [4.69, 9.17) is 0 Å². The highest BCUT2D eigenvalue weighted by molar-refractivity contribution is 7.99. The van der Waals surface area contributed by atoms with Gasteiger partial charge in [0.05, 0.1) is 23.2 Å². The zero-order valence-electron chi connectivity index (χ0n) is 16.0. The molecule has 0 saturated carbocycles. The molecule has 1 saturated heterocycles. The van der Waals surface area contributed by atoms with Gasteiger partial charge in [-0.2, -0.15) is 5.10 Å². The lowest BCUT2D eigenvalue weighted by molar-refractivity contribution is -0.130. The van der Waals surface area contributed by atoms with Gasteiger partial charge in [-0.3, -0.25) is 14.3 Å². The molecular formula is C19H26N6O2S. The van der Waals surface area contributed by atoms with Gasteiger partial charge in [0.2, 0.25) is 11.8 Å². The van der Waals surface area contributed by atoms with Gasteiger partial charge in [0.1, 0.15) is 12.7 Å². The summed E-state index contributed by atoms with van der Waals surface area (Å²) in [4.78, 5) is 34.7. The minimum atomic E-state index is -0.160. The molecule has 1 atom stereocenters. The van der Waals surface area contributed by atoms with Crippen LogP contribution in [0.1, 0.15) is 19.8 Å². The Kier molecular flexibility index (Phi) is 7.41. The van der Waals surface area contributed by atoms with E-state index in [1.54, 1.807) is 17.2 Å². The molecular weight excluding hydrogens is 376 g/mol. The maximum absolute atomic E-state index is 12.4. The van der Waals surface area contributed by atoms with Crippen LogP contribution in [0.5, 0.6) is 0 Å². The van der Waals surface area contributed by atoms with Crippen LogP contribution in [-0.2, 0) is 16.1 Å². The van der Waals surface area contributed by atoms with E-state index in [0.717, 1.165) is 31.0 Å². The maximum Gasteiger partial charge on any atom is 0.232 e. The van der Waals surface area contributed by atoms with Crippen molar-refractivity contribution in [3.05, 3.63) is 37.1 Å². The second kappa shape index (κ2) is 10.2. The SMILES string of the molecule is CC(Cn1cncn1)C(=O)NCC1CCN(C(=O)CSc2ccccn2)CC1. The molecule has 1 aliphatic rings. The first kappa shape index (κ1) is 20.3. The fourth-order valence-electron chi connectivity index (χ4n) is 3.16. The van der Waals surface area contributed by atoms with Gasteiger partial charge in [-0.25, -0.2) is 9.97 Å². The number of rotatable bonds is 8. The van der Waals surface area contributed by atoms with Gasteiger partial charge >= 0.3 is 0 Å². The van der Waals surface area contributed by atoms with Crippen LogP contribution in [0, 0.1) is 11.8 Å². The molecule has 150 valence electrons. The van der Waals surface area contributed by atoms with Crippen molar-refractivity contribution in [3.8, 4) is 0 Å². The van der Waals surface area contributed by atoms with Crippen molar-refractivity contribution in [1.82, 2.24) is 30.0 Å². The molecule has 1 unspecified atom stereocenters. The zero-order chi connectivity index (χ0) is 19.8. The van der Waals surface area contributed by atoms with Crippen LogP contribution in [0.3, 0.4) is 0 Å². The Morgan fingerprint density at radius 3 is 2.82 bits per heavy atom. The quantitative estimate of drug-likeness (QED) is 0.672. The van der Waals surface area contributed by atoms with Crippen LogP contribution in [0.2, 0.25) is 0 Å². The molecule has 1 fully saturated rings. The molecule has 3 rings (SSSR count). The van der Waals surface area contributed by atoms with Gasteiger partial charge in [0.25, 0.3) is 0 Å². The minimum Gasteiger partial charge on any atom is -0.356 e. The van der Waals surface area contributed by atoms with Gasteiger partial charge < -0.3 is 10.2 Å². The lowest BCUT2D eigenvalue weighted by Crippen LogP contribution is -2.43. The van der Waals surface area contributed by atoms with Gasteiger partial charge in [0.15, 0.2) is 0 Å². The standard InChI is InChI=1S/C19H26N6O2S/c1-15(11-25-14-20-13-23-25)19(27)22-10-16-5-8-24(9-6-16)18(26)12-28-17-4-2-3-7-21-17/h2-4,7,13-16H,5-6,8-12H2,1H3,(H,22,27). The molecule has 9 heteroatoms. The monoisotopic (exact) mass is 402 g/mol. The molecule has 2 aromatic rings. The molecule has 2 aromatic heterocycles. The summed E-state index contributed by atoms with van der Waals surface area (Å²) in [5.74, 6) is 0.848. The third-order valence-corrected chi connectivity index (χ3v) is 5.82. The fourth-order valence-corrected chi connectivity index (χ4v) is 3.92. The van der Waals surface area contributed by atoms with Crippen molar-refractivity contribution >= 4 is 23.6 Å².